The summed E-state index contributed by atoms with van der Waals surface area (Å²) in [5.41, 5.74) is 0. The minimum atomic E-state index is -3.27. The molecule has 0 spiro atoms. The third-order valence-corrected chi connectivity index (χ3v) is 6.34. The van der Waals surface area contributed by atoms with Gasteiger partial charge in [-0.2, -0.15) is 17.0 Å². The summed E-state index contributed by atoms with van der Waals surface area (Å²) in [5, 5.41) is 3.27. The summed E-state index contributed by atoms with van der Waals surface area (Å²) in [5.74, 6) is 0.652. The summed E-state index contributed by atoms with van der Waals surface area (Å²) in [6.45, 7) is 7.98. The van der Waals surface area contributed by atoms with Gasteiger partial charge < -0.3 is 5.32 Å². The van der Waals surface area contributed by atoms with Crippen LogP contribution in [0.5, 0.6) is 0 Å². The van der Waals surface area contributed by atoms with E-state index in [1.54, 1.807) is 8.61 Å². The predicted molar refractivity (Wildman–Crippen MR) is 84.4 cm³/mol. The third-order valence-electron chi connectivity index (χ3n) is 4.25. The molecule has 0 aliphatic carbocycles. The van der Waals surface area contributed by atoms with Gasteiger partial charge in [0, 0.05) is 32.2 Å². The summed E-state index contributed by atoms with van der Waals surface area (Å²) < 4.78 is 29.0. The zero-order chi connectivity index (χ0) is 13.9. The van der Waals surface area contributed by atoms with Gasteiger partial charge in [-0.3, -0.25) is 0 Å². The van der Waals surface area contributed by atoms with Gasteiger partial charge in [-0.25, -0.2) is 0 Å². The first kappa shape index (κ1) is 18.2. The first-order valence-electron chi connectivity index (χ1n) is 7.53. The normalized spacial score (nSPS) is 25.9. The molecule has 2 heterocycles. The van der Waals surface area contributed by atoms with Crippen molar-refractivity contribution in [2.45, 2.75) is 45.6 Å². The molecular weight excluding hydrogens is 298 g/mol. The van der Waals surface area contributed by atoms with Crippen molar-refractivity contribution in [3.63, 3.8) is 0 Å². The molecule has 0 aromatic rings. The van der Waals surface area contributed by atoms with Crippen LogP contribution in [0.1, 0.15) is 39.5 Å². The van der Waals surface area contributed by atoms with Crippen LogP contribution in [-0.4, -0.2) is 55.8 Å². The van der Waals surface area contributed by atoms with E-state index >= 15 is 0 Å². The number of nitrogens with one attached hydrogen (secondary N) is 1. The highest BCUT2D eigenvalue weighted by atomic mass is 35.5. The molecule has 0 aromatic heterocycles. The lowest BCUT2D eigenvalue weighted by Crippen LogP contribution is -2.51. The molecule has 1 atom stereocenters. The van der Waals surface area contributed by atoms with E-state index < -0.39 is 10.2 Å². The fourth-order valence-corrected chi connectivity index (χ4v) is 4.89. The van der Waals surface area contributed by atoms with E-state index in [2.05, 4.69) is 12.2 Å². The van der Waals surface area contributed by atoms with Crippen LogP contribution in [-0.2, 0) is 10.2 Å². The van der Waals surface area contributed by atoms with Gasteiger partial charge in [-0.15, -0.1) is 12.4 Å². The summed E-state index contributed by atoms with van der Waals surface area (Å²) in [6.07, 6.45) is 3.79. The third kappa shape index (κ3) is 4.07. The molecule has 0 bridgehead atoms. The summed E-state index contributed by atoms with van der Waals surface area (Å²) >= 11 is 0. The minimum Gasteiger partial charge on any atom is -0.315 e. The van der Waals surface area contributed by atoms with Gasteiger partial charge in [0.25, 0.3) is 10.2 Å². The molecule has 0 aromatic carbocycles. The van der Waals surface area contributed by atoms with E-state index in [1.807, 2.05) is 6.92 Å². The average molecular weight is 326 g/mol. The monoisotopic (exact) mass is 325 g/mol. The largest absolute Gasteiger partial charge is 0.315 e. The van der Waals surface area contributed by atoms with Crippen LogP contribution in [0.2, 0.25) is 0 Å². The van der Waals surface area contributed by atoms with Crippen molar-refractivity contribution < 1.29 is 8.42 Å². The smallest absolute Gasteiger partial charge is 0.282 e. The topological polar surface area (TPSA) is 52.7 Å². The molecule has 0 saturated carbocycles. The molecular formula is C13H28ClN3O2S. The summed E-state index contributed by atoms with van der Waals surface area (Å²) in [4.78, 5) is 0. The van der Waals surface area contributed by atoms with Gasteiger partial charge in [-0.1, -0.05) is 13.8 Å². The first-order chi connectivity index (χ1) is 9.05. The fraction of sp³-hybridized carbons (Fsp3) is 1.00. The fourth-order valence-electron chi connectivity index (χ4n) is 2.96. The van der Waals surface area contributed by atoms with Crippen molar-refractivity contribution in [3.05, 3.63) is 0 Å². The van der Waals surface area contributed by atoms with Gasteiger partial charge >= 0.3 is 0 Å². The molecule has 0 radical (unpaired) electrons. The first-order valence-corrected chi connectivity index (χ1v) is 8.93. The number of hydrogen-bond donors (Lipinski definition) is 1. The Balaban J connectivity index is 0.00000200. The quantitative estimate of drug-likeness (QED) is 0.832. The van der Waals surface area contributed by atoms with Gasteiger partial charge in [0.1, 0.15) is 0 Å². The lowest BCUT2D eigenvalue weighted by atomic mass is 10.0. The van der Waals surface area contributed by atoms with E-state index in [-0.39, 0.29) is 18.4 Å². The molecule has 5 nitrogen and oxygen atoms in total. The molecule has 2 aliphatic rings. The van der Waals surface area contributed by atoms with Crippen LogP contribution >= 0.6 is 12.4 Å². The average Bonchev–Trinajstić information content (AvgIpc) is 2.89. The molecule has 1 N–H and O–H groups in total. The Morgan fingerprint density at radius 3 is 2.40 bits per heavy atom. The molecule has 20 heavy (non-hydrogen) atoms. The Hall–Kier alpha value is 0.120. The van der Waals surface area contributed by atoms with Gasteiger partial charge in [-0.05, 0) is 38.1 Å². The Kier molecular flexibility index (Phi) is 7.21. The standard InChI is InChI=1S/C13H27N3O2S.ClH/c1-3-8-16(13-4-7-14-11-13)19(17,18)15-9-5-12(2)6-10-15;/h12-14H,3-11H2,1-2H3;1H. The van der Waals surface area contributed by atoms with Crippen molar-refractivity contribution >= 4 is 22.6 Å². The summed E-state index contributed by atoms with van der Waals surface area (Å²) in [6, 6.07) is 0.143. The maximum Gasteiger partial charge on any atom is 0.282 e. The molecule has 120 valence electrons. The maximum atomic E-state index is 12.8. The Labute approximate surface area is 129 Å². The van der Waals surface area contributed by atoms with E-state index in [0.29, 0.717) is 25.6 Å². The Morgan fingerprint density at radius 2 is 1.90 bits per heavy atom. The van der Waals surface area contributed by atoms with E-state index in [9.17, 15) is 8.42 Å². The van der Waals surface area contributed by atoms with Crippen LogP contribution < -0.4 is 5.32 Å². The van der Waals surface area contributed by atoms with Crippen LogP contribution in [0, 0.1) is 5.92 Å². The van der Waals surface area contributed by atoms with Gasteiger partial charge in [0.2, 0.25) is 0 Å². The van der Waals surface area contributed by atoms with Crippen molar-refractivity contribution in [2.75, 3.05) is 32.7 Å². The van der Waals surface area contributed by atoms with E-state index in [1.165, 1.54) is 0 Å². The number of hydrogen-bond acceptors (Lipinski definition) is 3. The highest BCUT2D eigenvalue weighted by molar-refractivity contribution is 7.86. The van der Waals surface area contributed by atoms with E-state index in [4.69, 9.17) is 0 Å². The van der Waals surface area contributed by atoms with Crippen LogP contribution in [0.15, 0.2) is 0 Å². The summed E-state index contributed by atoms with van der Waals surface area (Å²) in [7, 11) is -3.27. The van der Waals surface area contributed by atoms with Crippen molar-refractivity contribution in [3.8, 4) is 0 Å². The maximum absolute atomic E-state index is 12.8. The van der Waals surface area contributed by atoms with Gasteiger partial charge in [0.15, 0.2) is 0 Å². The lowest BCUT2D eigenvalue weighted by molar-refractivity contribution is 0.247. The van der Waals surface area contributed by atoms with Crippen molar-refractivity contribution in [1.82, 2.24) is 13.9 Å². The van der Waals surface area contributed by atoms with Crippen molar-refractivity contribution in [1.29, 1.82) is 0 Å². The number of piperidine rings is 1. The molecule has 2 fully saturated rings. The molecule has 2 rings (SSSR count). The zero-order valence-corrected chi connectivity index (χ0v) is 14.2. The second-order valence-electron chi connectivity index (χ2n) is 5.85. The predicted octanol–water partition coefficient (Wildman–Crippen LogP) is 1.46. The number of halogens is 1. The van der Waals surface area contributed by atoms with Crippen molar-refractivity contribution in [2.24, 2.45) is 5.92 Å². The second-order valence-corrected chi connectivity index (χ2v) is 7.73. The lowest BCUT2D eigenvalue weighted by Gasteiger charge is -2.36. The van der Waals surface area contributed by atoms with E-state index in [0.717, 1.165) is 38.8 Å². The van der Waals surface area contributed by atoms with Crippen LogP contribution in [0.25, 0.3) is 0 Å². The Bertz CT molecular complexity index is 377. The SMILES string of the molecule is CCCN(C1CCNC1)S(=O)(=O)N1CCC(C)CC1.Cl. The highest BCUT2D eigenvalue weighted by Crippen LogP contribution is 2.23. The zero-order valence-electron chi connectivity index (χ0n) is 12.5. The second kappa shape index (κ2) is 7.94. The van der Waals surface area contributed by atoms with Crippen LogP contribution in [0.3, 0.4) is 0 Å². The molecule has 0 amide bonds. The molecule has 1 unspecified atom stereocenters. The molecule has 7 heteroatoms. The van der Waals surface area contributed by atoms with Gasteiger partial charge in [0.05, 0.1) is 0 Å². The Morgan fingerprint density at radius 1 is 1.25 bits per heavy atom. The van der Waals surface area contributed by atoms with Crippen LogP contribution in [0.4, 0.5) is 0 Å². The number of rotatable bonds is 5. The highest BCUT2D eigenvalue weighted by Gasteiger charge is 2.36. The minimum absolute atomic E-state index is 0. The number of nitrogens with zero attached hydrogens (tertiary/aromatic N) is 2. The molecule has 2 saturated heterocycles. The molecule has 2 aliphatic heterocycles.